The largest absolute Gasteiger partial charge is 0.390 e. The van der Waals surface area contributed by atoms with Crippen molar-refractivity contribution >= 4 is 15.9 Å². The Morgan fingerprint density at radius 2 is 2.00 bits per heavy atom. The molecule has 1 N–H and O–H groups in total. The zero-order valence-electron chi connectivity index (χ0n) is 12.6. The predicted molar refractivity (Wildman–Crippen MR) is 86.2 cm³/mol. The third-order valence-electron chi connectivity index (χ3n) is 3.49. The molecule has 0 radical (unpaired) electrons. The summed E-state index contributed by atoms with van der Waals surface area (Å²) >= 11 is 3.54. The summed E-state index contributed by atoms with van der Waals surface area (Å²) in [5.41, 5.74) is 2.88. The van der Waals surface area contributed by atoms with Crippen LogP contribution in [-0.2, 0) is 18.2 Å². The molecule has 0 aliphatic rings. The van der Waals surface area contributed by atoms with Crippen molar-refractivity contribution < 1.29 is 9.84 Å². The highest BCUT2D eigenvalue weighted by atomic mass is 79.9. The number of ether oxygens (including phenoxy) is 1. The van der Waals surface area contributed by atoms with E-state index in [1.165, 1.54) is 0 Å². The van der Waals surface area contributed by atoms with Crippen LogP contribution in [0, 0.1) is 6.92 Å². The van der Waals surface area contributed by atoms with E-state index in [4.69, 9.17) is 4.74 Å². The van der Waals surface area contributed by atoms with Crippen molar-refractivity contribution in [3.8, 4) is 0 Å². The summed E-state index contributed by atoms with van der Waals surface area (Å²) in [6.07, 6.45) is -0.478. The Labute approximate surface area is 133 Å². The van der Waals surface area contributed by atoms with Crippen molar-refractivity contribution in [2.75, 3.05) is 6.61 Å². The Balaban J connectivity index is 2.21. The van der Waals surface area contributed by atoms with Crippen LogP contribution in [0.4, 0.5) is 0 Å². The van der Waals surface area contributed by atoms with Gasteiger partial charge in [-0.2, -0.15) is 5.10 Å². The monoisotopic (exact) mass is 352 g/mol. The van der Waals surface area contributed by atoms with Gasteiger partial charge in [0.05, 0.1) is 22.0 Å². The van der Waals surface area contributed by atoms with E-state index in [2.05, 4.69) is 21.0 Å². The van der Waals surface area contributed by atoms with Crippen molar-refractivity contribution in [3.05, 3.63) is 51.8 Å². The zero-order chi connectivity index (χ0) is 15.4. The van der Waals surface area contributed by atoms with Gasteiger partial charge in [-0.15, -0.1) is 0 Å². The summed E-state index contributed by atoms with van der Waals surface area (Å²) in [6, 6.07) is 9.83. The molecule has 1 aromatic heterocycles. The van der Waals surface area contributed by atoms with E-state index >= 15 is 0 Å². The second-order valence-electron chi connectivity index (χ2n) is 5.03. The van der Waals surface area contributed by atoms with Crippen LogP contribution >= 0.6 is 15.9 Å². The molecule has 0 bridgehead atoms. The van der Waals surface area contributed by atoms with Gasteiger partial charge in [-0.05, 0) is 35.3 Å². The number of aryl methyl sites for hydroxylation is 2. The summed E-state index contributed by atoms with van der Waals surface area (Å²) in [6.45, 7) is 4.44. The Kier molecular flexibility index (Phi) is 5.56. The molecule has 0 amide bonds. The Hall–Kier alpha value is -1.17. The number of hydrogen-bond acceptors (Lipinski definition) is 3. The number of rotatable bonds is 6. The maximum absolute atomic E-state index is 10.6. The molecule has 0 fully saturated rings. The first-order chi connectivity index (χ1) is 10.0. The molecule has 1 aromatic carbocycles. The van der Waals surface area contributed by atoms with E-state index in [-0.39, 0.29) is 6.10 Å². The van der Waals surface area contributed by atoms with Crippen molar-refractivity contribution in [2.24, 2.45) is 7.05 Å². The highest BCUT2D eigenvalue weighted by molar-refractivity contribution is 9.10. The number of aliphatic hydroxyl groups is 1. The molecule has 114 valence electrons. The smallest absolute Gasteiger partial charge is 0.109 e. The Bertz CT molecular complexity index is 583. The first-order valence-electron chi connectivity index (χ1n) is 7.07. The van der Waals surface area contributed by atoms with Gasteiger partial charge >= 0.3 is 0 Å². The molecule has 4 nitrogen and oxygen atoms in total. The lowest BCUT2D eigenvalue weighted by Crippen LogP contribution is -2.25. The van der Waals surface area contributed by atoms with Crippen molar-refractivity contribution in [3.63, 3.8) is 0 Å². The average molecular weight is 353 g/mol. The second kappa shape index (κ2) is 7.20. The minimum absolute atomic E-state index is 0.335. The standard InChI is InChI=1S/C16H21BrN2O2/c1-4-21-16(12-8-6-5-7-9-12)14(20)10-13-15(17)11(2)18-19(13)3/h5-9,14,16,20H,4,10H2,1-3H3. The van der Waals surface area contributed by atoms with Crippen LogP contribution in [0.3, 0.4) is 0 Å². The topological polar surface area (TPSA) is 47.3 Å². The van der Waals surface area contributed by atoms with Crippen LogP contribution in [0.15, 0.2) is 34.8 Å². The lowest BCUT2D eigenvalue weighted by atomic mass is 10.0. The van der Waals surface area contributed by atoms with Crippen molar-refractivity contribution in [1.29, 1.82) is 0 Å². The quantitative estimate of drug-likeness (QED) is 0.868. The Morgan fingerprint density at radius 3 is 2.52 bits per heavy atom. The van der Waals surface area contributed by atoms with E-state index in [1.807, 2.05) is 51.2 Å². The second-order valence-corrected chi connectivity index (χ2v) is 5.82. The molecular formula is C16H21BrN2O2. The normalized spacial score (nSPS) is 14.1. The molecule has 0 spiro atoms. The highest BCUT2D eigenvalue weighted by Crippen LogP contribution is 2.27. The summed E-state index contributed by atoms with van der Waals surface area (Å²) in [7, 11) is 1.89. The first kappa shape index (κ1) is 16.2. The third kappa shape index (κ3) is 3.73. The van der Waals surface area contributed by atoms with Gasteiger partial charge in [0.2, 0.25) is 0 Å². The number of halogens is 1. The molecule has 0 saturated heterocycles. The van der Waals surface area contributed by atoms with E-state index in [9.17, 15) is 5.11 Å². The average Bonchev–Trinajstić information content (AvgIpc) is 2.72. The fraction of sp³-hybridized carbons (Fsp3) is 0.438. The van der Waals surface area contributed by atoms with Crippen LogP contribution in [0.1, 0.15) is 30.0 Å². The van der Waals surface area contributed by atoms with Gasteiger partial charge in [0.25, 0.3) is 0 Å². The Morgan fingerprint density at radius 1 is 1.33 bits per heavy atom. The van der Waals surface area contributed by atoms with Gasteiger partial charge in [-0.25, -0.2) is 0 Å². The van der Waals surface area contributed by atoms with Gasteiger partial charge in [0.15, 0.2) is 0 Å². The number of aromatic nitrogens is 2. The van der Waals surface area contributed by atoms with E-state index in [0.717, 1.165) is 21.4 Å². The maximum Gasteiger partial charge on any atom is 0.109 e. The molecule has 5 heteroatoms. The molecule has 2 atom stereocenters. The summed E-state index contributed by atoms with van der Waals surface area (Å²) in [4.78, 5) is 0. The first-order valence-corrected chi connectivity index (χ1v) is 7.86. The van der Waals surface area contributed by atoms with Gasteiger partial charge in [-0.3, -0.25) is 4.68 Å². The van der Waals surface area contributed by atoms with Gasteiger partial charge < -0.3 is 9.84 Å². The fourth-order valence-corrected chi connectivity index (χ4v) is 2.96. The molecule has 0 aliphatic heterocycles. The van der Waals surface area contributed by atoms with Crippen LogP contribution in [0.5, 0.6) is 0 Å². The molecule has 2 rings (SSSR count). The van der Waals surface area contributed by atoms with E-state index < -0.39 is 6.10 Å². The molecule has 21 heavy (non-hydrogen) atoms. The number of aliphatic hydroxyl groups excluding tert-OH is 1. The predicted octanol–water partition coefficient (Wildman–Crippen LogP) is 3.17. The molecule has 2 unspecified atom stereocenters. The molecule has 2 aromatic rings. The molecular weight excluding hydrogens is 332 g/mol. The van der Waals surface area contributed by atoms with Crippen LogP contribution in [0.2, 0.25) is 0 Å². The summed E-state index contributed by atoms with van der Waals surface area (Å²) in [5.74, 6) is 0. The van der Waals surface area contributed by atoms with E-state index in [1.54, 1.807) is 4.68 Å². The lowest BCUT2D eigenvalue weighted by molar-refractivity contribution is -0.0347. The molecule has 1 heterocycles. The molecule has 0 aliphatic carbocycles. The number of nitrogens with zero attached hydrogens (tertiary/aromatic N) is 2. The van der Waals surface area contributed by atoms with Crippen LogP contribution in [0.25, 0.3) is 0 Å². The zero-order valence-corrected chi connectivity index (χ0v) is 14.2. The van der Waals surface area contributed by atoms with Crippen molar-refractivity contribution in [1.82, 2.24) is 9.78 Å². The lowest BCUT2D eigenvalue weighted by Gasteiger charge is -2.23. The number of benzene rings is 1. The summed E-state index contributed by atoms with van der Waals surface area (Å²) < 4.78 is 8.51. The minimum Gasteiger partial charge on any atom is -0.390 e. The molecule has 0 saturated carbocycles. The van der Waals surface area contributed by atoms with Gasteiger partial charge in [0, 0.05) is 20.1 Å². The SMILES string of the molecule is CCOC(c1ccccc1)C(O)Cc1c(Br)c(C)nn1C. The van der Waals surface area contributed by atoms with Crippen molar-refractivity contribution in [2.45, 2.75) is 32.5 Å². The highest BCUT2D eigenvalue weighted by Gasteiger charge is 2.24. The van der Waals surface area contributed by atoms with Crippen LogP contribution < -0.4 is 0 Å². The third-order valence-corrected chi connectivity index (χ3v) is 4.52. The summed E-state index contributed by atoms with van der Waals surface area (Å²) in [5, 5.41) is 15.0. The van der Waals surface area contributed by atoms with Gasteiger partial charge in [0.1, 0.15) is 6.10 Å². The minimum atomic E-state index is -0.626. The maximum atomic E-state index is 10.6. The fourth-order valence-electron chi connectivity index (χ4n) is 2.46. The van der Waals surface area contributed by atoms with Gasteiger partial charge in [-0.1, -0.05) is 30.3 Å². The van der Waals surface area contributed by atoms with Crippen LogP contribution in [-0.4, -0.2) is 27.6 Å². The number of hydrogen-bond donors (Lipinski definition) is 1. The van der Waals surface area contributed by atoms with E-state index in [0.29, 0.717) is 13.0 Å².